The van der Waals surface area contributed by atoms with E-state index in [9.17, 15) is 0 Å². The zero-order valence-electron chi connectivity index (χ0n) is 10.3. The molecule has 0 N–H and O–H groups in total. The highest BCUT2D eigenvalue weighted by molar-refractivity contribution is 5.53. The Morgan fingerprint density at radius 3 is 2.29 bits per heavy atom. The fourth-order valence-electron chi connectivity index (χ4n) is 2.03. The largest absolute Gasteiger partial charge is 0.0871 e. The SMILES string of the molecule is CC=Cc1ccccc1CCc1ccccc1. The average molecular weight is 222 g/mol. The molecule has 0 heterocycles. The number of aryl methyl sites for hydroxylation is 2. The van der Waals surface area contributed by atoms with Crippen LogP contribution in [0, 0.1) is 0 Å². The van der Waals surface area contributed by atoms with Crippen LogP contribution in [0.5, 0.6) is 0 Å². The molecule has 2 aromatic carbocycles. The maximum absolute atomic E-state index is 2.22. The lowest BCUT2D eigenvalue weighted by Crippen LogP contribution is -1.93. The van der Waals surface area contributed by atoms with Crippen LogP contribution in [-0.2, 0) is 12.8 Å². The van der Waals surface area contributed by atoms with Gasteiger partial charge < -0.3 is 0 Å². The standard InChI is InChI=1S/C17H18/c1-2-8-16-11-6-7-12-17(16)14-13-15-9-4-3-5-10-15/h2-12H,13-14H2,1H3. The van der Waals surface area contributed by atoms with E-state index in [1.165, 1.54) is 16.7 Å². The first kappa shape index (κ1) is 11.7. The number of rotatable bonds is 4. The lowest BCUT2D eigenvalue weighted by atomic mass is 9.99. The van der Waals surface area contributed by atoms with Gasteiger partial charge in [-0.3, -0.25) is 0 Å². The molecule has 2 aromatic rings. The Hall–Kier alpha value is -1.82. The molecule has 0 spiro atoms. The summed E-state index contributed by atoms with van der Waals surface area (Å²) in [7, 11) is 0. The van der Waals surface area contributed by atoms with Gasteiger partial charge in [0.05, 0.1) is 0 Å². The molecule has 86 valence electrons. The van der Waals surface area contributed by atoms with Crippen LogP contribution in [0.4, 0.5) is 0 Å². The van der Waals surface area contributed by atoms with Crippen LogP contribution in [0.1, 0.15) is 23.6 Å². The molecule has 0 aromatic heterocycles. The maximum atomic E-state index is 2.22. The molecule has 0 fully saturated rings. The number of hydrogen-bond donors (Lipinski definition) is 0. The van der Waals surface area contributed by atoms with Gasteiger partial charge in [-0.25, -0.2) is 0 Å². The topological polar surface area (TPSA) is 0 Å². The molecule has 0 nitrogen and oxygen atoms in total. The first-order valence-electron chi connectivity index (χ1n) is 6.14. The third-order valence-electron chi connectivity index (χ3n) is 2.93. The summed E-state index contributed by atoms with van der Waals surface area (Å²) in [5, 5.41) is 0. The predicted molar refractivity (Wildman–Crippen MR) is 75.0 cm³/mol. The molecule has 17 heavy (non-hydrogen) atoms. The second kappa shape index (κ2) is 6.05. The van der Waals surface area contributed by atoms with Gasteiger partial charge in [-0.1, -0.05) is 66.7 Å². The smallest absolute Gasteiger partial charge is 0.0228 e. The van der Waals surface area contributed by atoms with E-state index in [4.69, 9.17) is 0 Å². The molecule has 0 bridgehead atoms. The van der Waals surface area contributed by atoms with Crippen molar-refractivity contribution < 1.29 is 0 Å². The summed E-state index contributed by atoms with van der Waals surface area (Å²) in [6, 6.07) is 19.3. The maximum Gasteiger partial charge on any atom is -0.0228 e. The zero-order valence-corrected chi connectivity index (χ0v) is 10.3. The summed E-state index contributed by atoms with van der Waals surface area (Å²) in [4.78, 5) is 0. The molecule has 0 amide bonds. The summed E-state index contributed by atoms with van der Waals surface area (Å²) in [5.74, 6) is 0. The van der Waals surface area contributed by atoms with Gasteiger partial charge in [0.15, 0.2) is 0 Å². The quantitative estimate of drug-likeness (QED) is 0.714. The Morgan fingerprint density at radius 1 is 0.824 bits per heavy atom. The monoisotopic (exact) mass is 222 g/mol. The van der Waals surface area contributed by atoms with Gasteiger partial charge in [0, 0.05) is 0 Å². The fraction of sp³-hybridized carbons (Fsp3) is 0.176. The molecule has 0 unspecified atom stereocenters. The van der Waals surface area contributed by atoms with E-state index < -0.39 is 0 Å². The van der Waals surface area contributed by atoms with Crippen LogP contribution >= 0.6 is 0 Å². The van der Waals surface area contributed by atoms with Crippen molar-refractivity contribution in [3.05, 3.63) is 77.4 Å². The molecule has 0 aliphatic carbocycles. The second-order valence-corrected chi connectivity index (χ2v) is 4.18. The number of hydrogen-bond acceptors (Lipinski definition) is 0. The van der Waals surface area contributed by atoms with Gasteiger partial charge in [-0.2, -0.15) is 0 Å². The molecular formula is C17H18. The van der Waals surface area contributed by atoms with Crippen molar-refractivity contribution in [2.75, 3.05) is 0 Å². The Balaban J connectivity index is 2.09. The van der Waals surface area contributed by atoms with Crippen LogP contribution in [0.3, 0.4) is 0 Å². The van der Waals surface area contributed by atoms with Gasteiger partial charge in [-0.15, -0.1) is 0 Å². The van der Waals surface area contributed by atoms with E-state index in [1.807, 2.05) is 0 Å². The fourth-order valence-corrected chi connectivity index (χ4v) is 2.03. The van der Waals surface area contributed by atoms with E-state index in [0.717, 1.165) is 12.8 Å². The minimum Gasteiger partial charge on any atom is -0.0871 e. The van der Waals surface area contributed by atoms with Gasteiger partial charge in [0.1, 0.15) is 0 Å². The molecule has 2 rings (SSSR count). The lowest BCUT2D eigenvalue weighted by molar-refractivity contribution is 0.957. The highest BCUT2D eigenvalue weighted by atomic mass is 14.0. The van der Waals surface area contributed by atoms with E-state index in [2.05, 4.69) is 73.7 Å². The van der Waals surface area contributed by atoms with Crippen LogP contribution in [0.15, 0.2) is 60.7 Å². The summed E-state index contributed by atoms with van der Waals surface area (Å²) in [6.07, 6.45) is 6.49. The van der Waals surface area contributed by atoms with Gasteiger partial charge in [0.2, 0.25) is 0 Å². The minimum atomic E-state index is 1.10. The van der Waals surface area contributed by atoms with Crippen LogP contribution in [0.2, 0.25) is 0 Å². The average Bonchev–Trinajstić information content (AvgIpc) is 2.39. The highest BCUT2D eigenvalue weighted by Gasteiger charge is 1.99. The Bertz CT molecular complexity index is 480. The first-order chi connectivity index (χ1) is 8.40. The molecule has 0 saturated carbocycles. The van der Waals surface area contributed by atoms with Crippen LogP contribution in [0.25, 0.3) is 6.08 Å². The minimum absolute atomic E-state index is 1.10. The van der Waals surface area contributed by atoms with Crippen molar-refractivity contribution in [1.82, 2.24) is 0 Å². The zero-order chi connectivity index (χ0) is 11.9. The van der Waals surface area contributed by atoms with Crippen molar-refractivity contribution in [2.45, 2.75) is 19.8 Å². The van der Waals surface area contributed by atoms with Crippen molar-refractivity contribution in [1.29, 1.82) is 0 Å². The molecule has 0 radical (unpaired) electrons. The van der Waals surface area contributed by atoms with Crippen LogP contribution in [-0.4, -0.2) is 0 Å². The first-order valence-corrected chi connectivity index (χ1v) is 6.14. The Labute approximate surface area is 104 Å². The Kier molecular flexibility index (Phi) is 4.15. The predicted octanol–water partition coefficient (Wildman–Crippen LogP) is 4.50. The second-order valence-electron chi connectivity index (χ2n) is 4.18. The molecular weight excluding hydrogens is 204 g/mol. The summed E-state index contributed by atoms with van der Waals surface area (Å²) in [6.45, 7) is 2.06. The third kappa shape index (κ3) is 3.32. The van der Waals surface area contributed by atoms with E-state index >= 15 is 0 Å². The summed E-state index contributed by atoms with van der Waals surface area (Å²) >= 11 is 0. The molecule has 0 saturated heterocycles. The van der Waals surface area contributed by atoms with Crippen molar-refractivity contribution in [3.8, 4) is 0 Å². The van der Waals surface area contributed by atoms with Crippen molar-refractivity contribution in [2.24, 2.45) is 0 Å². The van der Waals surface area contributed by atoms with Gasteiger partial charge >= 0.3 is 0 Å². The number of allylic oxidation sites excluding steroid dienone is 1. The van der Waals surface area contributed by atoms with Crippen molar-refractivity contribution >= 4 is 6.08 Å². The summed E-state index contributed by atoms with van der Waals surface area (Å²) < 4.78 is 0. The van der Waals surface area contributed by atoms with Crippen LogP contribution < -0.4 is 0 Å². The van der Waals surface area contributed by atoms with E-state index in [1.54, 1.807) is 0 Å². The third-order valence-corrected chi connectivity index (χ3v) is 2.93. The molecule has 0 atom stereocenters. The van der Waals surface area contributed by atoms with Gasteiger partial charge in [0.25, 0.3) is 0 Å². The molecule has 0 aliphatic rings. The van der Waals surface area contributed by atoms with E-state index in [0.29, 0.717) is 0 Å². The normalized spacial score (nSPS) is 10.9. The van der Waals surface area contributed by atoms with Gasteiger partial charge in [-0.05, 0) is 36.5 Å². The molecule has 0 heteroatoms. The summed E-state index contributed by atoms with van der Waals surface area (Å²) in [5.41, 5.74) is 4.17. The Morgan fingerprint density at radius 2 is 1.53 bits per heavy atom. The number of benzene rings is 2. The lowest BCUT2D eigenvalue weighted by Gasteiger charge is -2.06. The molecule has 0 aliphatic heterocycles. The van der Waals surface area contributed by atoms with E-state index in [-0.39, 0.29) is 0 Å². The highest BCUT2D eigenvalue weighted by Crippen LogP contribution is 2.14. The van der Waals surface area contributed by atoms with Crippen molar-refractivity contribution in [3.63, 3.8) is 0 Å².